The third-order valence-corrected chi connectivity index (χ3v) is 4.77. The van der Waals surface area contributed by atoms with E-state index < -0.39 is 30.1 Å². The molecule has 3 rings (SSSR count). The second-order valence-corrected chi connectivity index (χ2v) is 7.36. The first-order valence-electron chi connectivity index (χ1n) is 7.98. The lowest BCUT2D eigenvalue weighted by Crippen LogP contribution is -2.41. The van der Waals surface area contributed by atoms with Gasteiger partial charge in [0.05, 0.1) is 28.6 Å². The maximum Gasteiger partial charge on any atom is 0.494 e. The van der Waals surface area contributed by atoms with Crippen LogP contribution in [-0.4, -0.2) is 28.1 Å². The van der Waals surface area contributed by atoms with Crippen LogP contribution in [0, 0.1) is 6.92 Å². The van der Waals surface area contributed by atoms with Gasteiger partial charge in [0.2, 0.25) is 0 Å². The summed E-state index contributed by atoms with van der Waals surface area (Å²) in [4.78, 5) is 0. The summed E-state index contributed by atoms with van der Waals surface area (Å²) in [6, 6.07) is 3.76. The molecule has 8 heteroatoms. The van der Waals surface area contributed by atoms with E-state index in [0.717, 1.165) is 17.7 Å². The van der Waals surface area contributed by atoms with Gasteiger partial charge in [-0.3, -0.25) is 0 Å². The molecule has 0 atom stereocenters. The third kappa shape index (κ3) is 3.33. The van der Waals surface area contributed by atoms with E-state index in [4.69, 9.17) is 9.31 Å². The van der Waals surface area contributed by atoms with Crippen LogP contribution in [0.2, 0.25) is 0 Å². The highest BCUT2D eigenvalue weighted by Gasteiger charge is 2.52. The molecule has 0 aliphatic carbocycles. The molecule has 1 aliphatic rings. The van der Waals surface area contributed by atoms with Crippen LogP contribution in [0.4, 0.5) is 13.2 Å². The van der Waals surface area contributed by atoms with E-state index in [-0.39, 0.29) is 0 Å². The predicted molar refractivity (Wildman–Crippen MR) is 89.0 cm³/mol. The summed E-state index contributed by atoms with van der Waals surface area (Å²) in [6.07, 6.45) is -1.21. The molecule has 0 N–H and O–H groups in total. The number of aromatic nitrogens is 2. The molecule has 0 amide bonds. The molecule has 0 radical (unpaired) electrons. The smallest absolute Gasteiger partial charge is 0.399 e. The Labute approximate surface area is 145 Å². The Morgan fingerprint density at radius 1 is 1.04 bits per heavy atom. The zero-order valence-corrected chi connectivity index (χ0v) is 14.8. The van der Waals surface area contributed by atoms with E-state index in [2.05, 4.69) is 5.10 Å². The number of nitrogens with zero attached hydrogens (tertiary/aromatic N) is 2. The second-order valence-electron chi connectivity index (χ2n) is 7.36. The lowest BCUT2D eigenvalue weighted by atomic mass is 9.78. The maximum atomic E-state index is 13.3. The number of hydrogen-bond acceptors (Lipinski definition) is 3. The monoisotopic (exact) mass is 352 g/mol. The summed E-state index contributed by atoms with van der Waals surface area (Å²) in [5.41, 5.74) is -0.537. The van der Waals surface area contributed by atoms with E-state index in [9.17, 15) is 13.2 Å². The average molecular weight is 352 g/mol. The van der Waals surface area contributed by atoms with Gasteiger partial charge in [-0.05, 0) is 57.8 Å². The molecule has 1 saturated heterocycles. The molecule has 0 unspecified atom stereocenters. The molecule has 4 nitrogen and oxygen atoms in total. The van der Waals surface area contributed by atoms with Gasteiger partial charge in [-0.25, -0.2) is 4.68 Å². The Morgan fingerprint density at radius 3 is 2.12 bits per heavy atom. The van der Waals surface area contributed by atoms with E-state index in [0.29, 0.717) is 11.2 Å². The number of halogens is 3. The van der Waals surface area contributed by atoms with Crippen molar-refractivity contribution in [3.05, 3.63) is 41.7 Å². The largest absolute Gasteiger partial charge is 0.494 e. The SMILES string of the molecule is Cc1cnn(-c2cc(B3OC(C)(C)C(C)(C)O3)cc(C(F)(F)F)c2)c1. The minimum Gasteiger partial charge on any atom is -0.399 e. The molecule has 1 aliphatic heterocycles. The van der Waals surface area contributed by atoms with Crippen molar-refractivity contribution in [2.75, 3.05) is 0 Å². The van der Waals surface area contributed by atoms with Crippen LogP contribution >= 0.6 is 0 Å². The van der Waals surface area contributed by atoms with Crippen molar-refractivity contribution < 1.29 is 22.5 Å². The molecule has 0 bridgehead atoms. The van der Waals surface area contributed by atoms with Crippen LogP contribution in [0.1, 0.15) is 38.8 Å². The summed E-state index contributed by atoms with van der Waals surface area (Å²) >= 11 is 0. The highest BCUT2D eigenvalue weighted by Crippen LogP contribution is 2.37. The lowest BCUT2D eigenvalue weighted by Gasteiger charge is -2.32. The van der Waals surface area contributed by atoms with Gasteiger partial charge in [0.25, 0.3) is 0 Å². The molecule has 134 valence electrons. The van der Waals surface area contributed by atoms with Gasteiger partial charge in [-0.1, -0.05) is 6.07 Å². The zero-order chi connectivity index (χ0) is 18.6. The fourth-order valence-electron chi connectivity index (χ4n) is 2.60. The van der Waals surface area contributed by atoms with Crippen LogP contribution in [0.25, 0.3) is 5.69 Å². The highest BCUT2D eigenvalue weighted by molar-refractivity contribution is 6.62. The van der Waals surface area contributed by atoms with Crippen LogP contribution < -0.4 is 5.46 Å². The van der Waals surface area contributed by atoms with Crippen molar-refractivity contribution in [3.63, 3.8) is 0 Å². The van der Waals surface area contributed by atoms with Crippen molar-refractivity contribution >= 4 is 12.6 Å². The van der Waals surface area contributed by atoms with Gasteiger partial charge in [0.1, 0.15) is 0 Å². The minimum atomic E-state index is -4.48. The first-order chi connectivity index (χ1) is 11.4. The van der Waals surface area contributed by atoms with Crippen molar-refractivity contribution in [2.45, 2.75) is 52.0 Å². The second kappa shape index (κ2) is 5.61. The van der Waals surface area contributed by atoms with Gasteiger partial charge < -0.3 is 9.31 Å². The van der Waals surface area contributed by atoms with Gasteiger partial charge >= 0.3 is 13.3 Å². The van der Waals surface area contributed by atoms with Crippen LogP contribution in [0.3, 0.4) is 0 Å². The summed E-state index contributed by atoms with van der Waals surface area (Å²) in [6.45, 7) is 9.26. The van der Waals surface area contributed by atoms with Crippen molar-refractivity contribution in [1.82, 2.24) is 9.78 Å². The Morgan fingerprint density at radius 2 is 1.64 bits per heavy atom. The standard InChI is InChI=1S/C17H20BF3N2O2/c1-11-9-22-23(10-11)14-7-12(17(19,20)21)6-13(8-14)18-24-15(2,3)16(4,5)25-18/h6-10H,1-5H3. The molecule has 1 fully saturated rings. The van der Waals surface area contributed by atoms with Crippen LogP contribution in [0.5, 0.6) is 0 Å². The number of rotatable bonds is 2. The first-order valence-corrected chi connectivity index (χ1v) is 7.98. The van der Waals surface area contributed by atoms with E-state index in [1.807, 2.05) is 34.6 Å². The van der Waals surface area contributed by atoms with Crippen molar-refractivity contribution in [3.8, 4) is 5.69 Å². The minimum absolute atomic E-state index is 0.313. The highest BCUT2D eigenvalue weighted by atomic mass is 19.4. The Bertz CT molecular complexity index is 783. The Kier molecular flexibility index (Phi) is 4.04. The molecule has 25 heavy (non-hydrogen) atoms. The van der Waals surface area contributed by atoms with Gasteiger partial charge in [-0.15, -0.1) is 0 Å². The van der Waals surface area contributed by atoms with Gasteiger partial charge in [-0.2, -0.15) is 18.3 Å². The molecule has 0 spiro atoms. The normalized spacial score (nSPS) is 19.4. The summed E-state index contributed by atoms with van der Waals surface area (Å²) < 4.78 is 53.3. The molecule has 2 aromatic rings. The topological polar surface area (TPSA) is 36.3 Å². The van der Waals surface area contributed by atoms with Crippen LogP contribution in [-0.2, 0) is 15.5 Å². The third-order valence-electron chi connectivity index (χ3n) is 4.77. The van der Waals surface area contributed by atoms with Gasteiger partial charge in [0.15, 0.2) is 0 Å². The number of benzene rings is 1. The maximum absolute atomic E-state index is 13.3. The zero-order valence-electron chi connectivity index (χ0n) is 14.8. The van der Waals surface area contributed by atoms with Crippen molar-refractivity contribution in [1.29, 1.82) is 0 Å². The molecule has 1 aromatic carbocycles. The predicted octanol–water partition coefficient (Wildman–Crippen LogP) is 3.50. The summed E-state index contributed by atoms with van der Waals surface area (Å²) in [7, 11) is -0.872. The quantitative estimate of drug-likeness (QED) is 0.777. The summed E-state index contributed by atoms with van der Waals surface area (Å²) in [5, 5.41) is 4.10. The Balaban J connectivity index is 2.08. The fourth-order valence-corrected chi connectivity index (χ4v) is 2.60. The first kappa shape index (κ1) is 18.0. The number of hydrogen-bond donors (Lipinski definition) is 0. The van der Waals surface area contributed by atoms with Crippen LogP contribution in [0.15, 0.2) is 30.6 Å². The van der Waals surface area contributed by atoms with Gasteiger partial charge in [0, 0.05) is 6.20 Å². The van der Waals surface area contributed by atoms with E-state index in [1.54, 1.807) is 18.5 Å². The molecular formula is C17H20BF3N2O2. The molecule has 2 heterocycles. The number of alkyl halides is 3. The van der Waals surface area contributed by atoms with E-state index in [1.165, 1.54) is 4.68 Å². The van der Waals surface area contributed by atoms with Crippen molar-refractivity contribution in [2.24, 2.45) is 0 Å². The Hall–Kier alpha value is -1.80. The molecular weight excluding hydrogens is 332 g/mol. The fraction of sp³-hybridized carbons (Fsp3) is 0.471. The number of aryl methyl sites for hydroxylation is 1. The molecule has 0 saturated carbocycles. The average Bonchev–Trinajstić information content (AvgIpc) is 2.99. The summed E-state index contributed by atoms with van der Waals surface area (Å²) in [5.74, 6) is 0. The van der Waals surface area contributed by atoms with E-state index >= 15 is 0 Å². The molecule has 1 aromatic heterocycles. The lowest BCUT2D eigenvalue weighted by molar-refractivity contribution is -0.137.